The van der Waals surface area contributed by atoms with E-state index in [1.807, 2.05) is 24.3 Å². The van der Waals surface area contributed by atoms with Crippen molar-refractivity contribution in [2.45, 2.75) is 51.5 Å². The molecule has 3 heterocycles. The van der Waals surface area contributed by atoms with Gasteiger partial charge >= 0.3 is 0 Å². The Morgan fingerprint density at radius 1 is 0.944 bits per heavy atom. The van der Waals surface area contributed by atoms with Crippen LogP contribution in [0.5, 0.6) is 11.5 Å². The number of fused-ring (bicyclic) bond motifs is 1. The van der Waals surface area contributed by atoms with Crippen molar-refractivity contribution in [2.24, 2.45) is 0 Å². The molecule has 1 atom stereocenters. The first-order valence-electron chi connectivity index (χ1n) is 12.8. The van der Waals surface area contributed by atoms with E-state index in [0.717, 1.165) is 37.1 Å². The molecule has 0 spiro atoms. The molecule has 0 bridgehead atoms. The summed E-state index contributed by atoms with van der Waals surface area (Å²) >= 11 is 0. The lowest BCUT2D eigenvalue weighted by molar-refractivity contribution is -0.140. The van der Waals surface area contributed by atoms with Gasteiger partial charge in [-0.3, -0.25) is 9.59 Å². The van der Waals surface area contributed by atoms with Crippen molar-refractivity contribution in [3.63, 3.8) is 0 Å². The van der Waals surface area contributed by atoms with E-state index in [4.69, 9.17) is 9.47 Å². The lowest BCUT2D eigenvalue weighted by atomic mass is 9.85. The summed E-state index contributed by atoms with van der Waals surface area (Å²) in [6.07, 6.45) is 3.54. The number of ether oxygens (including phenoxy) is 2. The van der Waals surface area contributed by atoms with Gasteiger partial charge in [-0.1, -0.05) is 51.5 Å². The predicted octanol–water partition coefficient (Wildman–Crippen LogP) is 4.62. The molecule has 1 unspecified atom stereocenters. The van der Waals surface area contributed by atoms with E-state index in [-0.39, 0.29) is 23.5 Å². The summed E-state index contributed by atoms with van der Waals surface area (Å²) in [4.78, 5) is 30.6. The Kier molecular flexibility index (Phi) is 6.51. The maximum absolute atomic E-state index is 13.3. The number of carbonyl (C=O) groups excluding carboxylic acids is 2. The molecule has 1 amide bonds. The summed E-state index contributed by atoms with van der Waals surface area (Å²) in [5, 5.41) is 11.4. The molecule has 0 aromatic heterocycles. The van der Waals surface area contributed by atoms with E-state index in [0.29, 0.717) is 30.2 Å². The van der Waals surface area contributed by atoms with Crippen molar-refractivity contribution in [3.05, 3.63) is 64.7 Å². The largest absolute Gasteiger partial charge is 0.507 e. The molecule has 2 fully saturated rings. The summed E-state index contributed by atoms with van der Waals surface area (Å²) < 4.78 is 10.8. The van der Waals surface area contributed by atoms with Gasteiger partial charge in [0, 0.05) is 18.7 Å². The minimum atomic E-state index is -0.659. The number of amides is 1. The number of aliphatic hydroxyl groups is 1. The molecule has 3 aliphatic heterocycles. The number of piperidine rings is 1. The minimum Gasteiger partial charge on any atom is -0.507 e. The third kappa shape index (κ3) is 4.60. The highest BCUT2D eigenvalue weighted by atomic mass is 16.7. The van der Waals surface area contributed by atoms with Gasteiger partial charge in [0.2, 0.25) is 6.79 Å². The second-order valence-electron chi connectivity index (χ2n) is 10.8. The predicted molar refractivity (Wildman–Crippen MR) is 137 cm³/mol. The highest BCUT2D eigenvalue weighted by Crippen LogP contribution is 2.41. The molecule has 2 aromatic carbocycles. The Balaban J connectivity index is 1.54. The highest BCUT2D eigenvalue weighted by Gasteiger charge is 2.46. The lowest BCUT2D eigenvalue weighted by Crippen LogP contribution is -2.40. The zero-order valence-electron chi connectivity index (χ0n) is 21.3. The third-order valence-electron chi connectivity index (χ3n) is 7.38. The molecule has 190 valence electrons. The molecule has 7 heteroatoms. The van der Waals surface area contributed by atoms with Crippen LogP contribution >= 0.6 is 0 Å². The van der Waals surface area contributed by atoms with E-state index >= 15 is 0 Å². The molecule has 2 saturated heterocycles. The summed E-state index contributed by atoms with van der Waals surface area (Å²) in [5.74, 6) is -0.336. The van der Waals surface area contributed by atoms with Gasteiger partial charge in [-0.2, -0.15) is 0 Å². The maximum atomic E-state index is 13.3. The van der Waals surface area contributed by atoms with Crippen molar-refractivity contribution < 1.29 is 24.2 Å². The van der Waals surface area contributed by atoms with Crippen molar-refractivity contribution in [3.8, 4) is 11.5 Å². The Labute approximate surface area is 212 Å². The monoisotopic (exact) mass is 490 g/mol. The van der Waals surface area contributed by atoms with Crippen molar-refractivity contribution in [1.29, 1.82) is 0 Å². The molecule has 36 heavy (non-hydrogen) atoms. The van der Waals surface area contributed by atoms with E-state index in [2.05, 4.69) is 25.7 Å². The van der Waals surface area contributed by atoms with Gasteiger partial charge in [0.25, 0.3) is 11.7 Å². The van der Waals surface area contributed by atoms with Gasteiger partial charge in [0.05, 0.1) is 11.6 Å². The average molecular weight is 491 g/mol. The van der Waals surface area contributed by atoms with Gasteiger partial charge < -0.3 is 24.4 Å². The molecule has 0 radical (unpaired) electrons. The standard InChI is InChI=1S/C29H34N2O5/c1-29(2,3)21-10-7-19(8-11-21)25-24(26(32)20-9-12-22-23(17-20)36-18-35-22)27(33)28(34)31(25)16-15-30-13-5-4-6-14-30/h7-12,17,25,32H,4-6,13-16,18H2,1-3H3/b26-24+. The maximum Gasteiger partial charge on any atom is 0.295 e. The van der Waals surface area contributed by atoms with E-state index < -0.39 is 17.7 Å². The van der Waals surface area contributed by atoms with Gasteiger partial charge in [0.15, 0.2) is 11.5 Å². The van der Waals surface area contributed by atoms with Crippen LogP contribution in [0.2, 0.25) is 0 Å². The zero-order valence-corrected chi connectivity index (χ0v) is 21.3. The SMILES string of the molecule is CC(C)(C)c1ccc(C2/C(=C(\O)c3ccc4c(c3)OCO4)C(=O)C(=O)N2CCN2CCCCC2)cc1. The highest BCUT2D eigenvalue weighted by molar-refractivity contribution is 6.46. The Morgan fingerprint density at radius 3 is 2.33 bits per heavy atom. The first kappa shape index (κ1) is 24.4. The van der Waals surface area contributed by atoms with Crippen LogP contribution in [-0.2, 0) is 15.0 Å². The first-order valence-corrected chi connectivity index (χ1v) is 12.8. The number of nitrogens with zero attached hydrogens (tertiary/aromatic N) is 2. The fourth-order valence-electron chi connectivity index (χ4n) is 5.25. The number of Topliss-reactive ketones (excluding diaryl/α,β-unsaturated/α-hetero) is 1. The third-order valence-corrected chi connectivity index (χ3v) is 7.38. The molecule has 0 aliphatic carbocycles. The number of rotatable bonds is 5. The number of hydrogen-bond acceptors (Lipinski definition) is 6. The molecule has 2 aromatic rings. The van der Waals surface area contributed by atoms with Crippen LogP contribution in [-0.4, -0.2) is 59.6 Å². The molecule has 1 N–H and O–H groups in total. The number of ketones is 1. The first-order chi connectivity index (χ1) is 17.2. The smallest absolute Gasteiger partial charge is 0.295 e. The van der Waals surface area contributed by atoms with Crippen molar-refractivity contribution >= 4 is 17.4 Å². The van der Waals surface area contributed by atoms with Crippen LogP contribution < -0.4 is 9.47 Å². The Bertz CT molecular complexity index is 1190. The van der Waals surface area contributed by atoms with Crippen LogP contribution in [0.1, 0.15) is 62.8 Å². The average Bonchev–Trinajstić information content (AvgIpc) is 3.44. The van der Waals surface area contributed by atoms with Crippen LogP contribution in [0.4, 0.5) is 0 Å². The number of aliphatic hydroxyl groups excluding tert-OH is 1. The van der Waals surface area contributed by atoms with Gasteiger partial charge in [-0.05, 0) is 60.7 Å². The van der Waals surface area contributed by atoms with Gasteiger partial charge in [-0.25, -0.2) is 0 Å². The van der Waals surface area contributed by atoms with E-state index in [1.54, 1.807) is 23.1 Å². The fraction of sp³-hybridized carbons (Fsp3) is 0.448. The molecule has 5 rings (SSSR count). The summed E-state index contributed by atoms with van der Waals surface area (Å²) in [6.45, 7) is 9.69. The number of carbonyl (C=O) groups is 2. The lowest BCUT2D eigenvalue weighted by Gasteiger charge is -2.31. The molecular weight excluding hydrogens is 456 g/mol. The molecular formula is C29H34N2O5. The van der Waals surface area contributed by atoms with Crippen LogP contribution in [0.3, 0.4) is 0 Å². The summed E-state index contributed by atoms with van der Waals surface area (Å²) in [5.41, 5.74) is 2.47. The van der Waals surface area contributed by atoms with Gasteiger partial charge in [-0.15, -0.1) is 0 Å². The van der Waals surface area contributed by atoms with E-state index in [1.165, 1.54) is 6.42 Å². The Hall–Kier alpha value is -3.32. The number of benzene rings is 2. The van der Waals surface area contributed by atoms with Crippen LogP contribution in [0.15, 0.2) is 48.0 Å². The van der Waals surface area contributed by atoms with Crippen LogP contribution in [0.25, 0.3) is 5.76 Å². The van der Waals surface area contributed by atoms with Crippen molar-refractivity contribution in [1.82, 2.24) is 9.80 Å². The molecule has 3 aliphatic rings. The molecule has 0 saturated carbocycles. The topological polar surface area (TPSA) is 79.3 Å². The normalized spacial score (nSPS) is 21.9. The summed E-state index contributed by atoms with van der Waals surface area (Å²) in [7, 11) is 0. The summed E-state index contributed by atoms with van der Waals surface area (Å²) in [6, 6.07) is 12.4. The second-order valence-corrected chi connectivity index (χ2v) is 10.8. The van der Waals surface area contributed by atoms with Crippen LogP contribution in [0, 0.1) is 0 Å². The molecule has 7 nitrogen and oxygen atoms in total. The van der Waals surface area contributed by atoms with Gasteiger partial charge in [0.1, 0.15) is 5.76 Å². The van der Waals surface area contributed by atoms with Crippen molar-refractivity contribution in [2.75, 3.05) is 33.0 Å². The minimum absolute atomic E-state index is 0.0267. The quantitative estimate of drug-likeness (QED) is 0.374. The Morgan fingerprint density at radius 2 is 1.64 bits per heavy atom. The second kappa shape index (κ2) is 9.62. The number of hydrogen-bond donors (Lipinski definition) is 1. The number of likely N-dealkylation sites (tertiary alicyclic amines) is 2. The fourth-order valence-corrected chi connectivity index (χ4v) is 5.25. The van der Waals surface area contributed by atoms with E-state index in [9.17, 15) is 14.7 Å². The zero-order chi connectivity index (χ0) is 25.4.